The number of aromatic nitrogens is 1. The van der Waals surface area contributed by atoms with Crippen molar-refractivity contribution in [3.05, 3.63) is 53.2 Å². The molecule has 0 aliphatic carbocycles. The van der Waals surface area contributed by atoms with E-state index in [0.717, 1.165) is 10.5 Å². The van der Waals surface area contributed by atoms with Crippen LogP contribution in [0.4, 0.5) is 0 Å². The molecule has 2 aromatic rings. The zero-order valence-corrected chi connectivity index (χ0v) is 11.0. The van der Waals surface area contributed by atoms with Crippen LogP contribution >= 0.6 is 11.8 Å². The lowest BCUT2D eigenvalue weighted by molar-refractivity contribution is 0.0696. The fourth-order valence-corrected chi connectivity index (χ4v) is 2.57. The van der Waals surface area contributed by atoms with Gasteiger partial charge < -0.3 is 5.11 Å². The highest BCUT2D eigenvalue weighted by Crippen LogP contribution is 2.29. The van der Waals surface area contributed by atoms with Crippen molar-refractivity contribution in [3.8, 4) is 0 Å². The van der Waals surface area contributed by atoms with E-state index in [2.05, 4.69) is 4.98 Å². The van der Waals surface area contributed by atoms with Crippen molar-refractivity contribution in [2.75, 3.05) is 0 Å². The van der Waals surface area contributed by atoms with Gasteiger partial charge in [0.25, 0.3) is 0 Å². The van der Waals surface area contributed by atoms with Crippen molar-refractivity contribution in [1.29, 1.82) is 0 Å². The standard InChI is InChI=1S/C14H13NO2S/c1-9-5-3-4-6-12(9)18-13-8-11(14(16)17)7-10(2)15-13/h3-8H,1-2H3,(H,16,17). The first kappa shape index (κ1) is 12.6. The van der Waals surface area contributed by atoms with Crippen molar-refractivity contribution in [2.24, 2.45) is 0 Å². The molecule has 18 heavy (non-hydrogen) atoms. The number of aromatic carboxylic acids is 1. The quantitative estimate of drug-likeness (QED) is 0.915. The number of carboxylic acids is 1. The van der Waals surface area contributed by atoms with E-state index in [-0.39, 0.29) is 5.56 Å². The van der Waals surface area contributed by atoms with Crippen LogP contribution in [-0.4, -0.2) is 16.1 Å². The molecule has 3 nitrogen and oxygen atoms in total. The maximum Gasteiger partial charge on any atom is 0.335 e. The molecule has 92 valence electrons. The lowest BCUT2D eigenvalue weighted by Gasteiger charge is -2.06. The summed E-state index contributed by atoms with van der Waals surface area (Å²) >= 11 is 1.49. The van der Waals surface area contributed by atoms with Crippen LogP contribution in [0.1, 0.15) is 21.6 Å². The smallest absolute Gasteiger partial charge is 0.335 e. The Labute approximate surface area is 110 Å². The first-order valence-electron chi connectivity index (χ1n) is 5.52. The molecule has 0 aliphatic rings. The third-order valence-corrected chi connectivity index (χ3v) is 3.58. The van der Waals surface area contributed by atoms with Crippen LogP contribution in [0.2, 0.25) is 0 Å². The first-order valence-corrected chi connectivity index (χ1v) is 6.33. The van der Waals surface area contributed by atoms with Crippen molar-refractivity contribution in [2.45, 2.75) is 23.8 Å². The van der Waals surface area contributed by atoms with Crippen molar-refractivity contribution in [3.63, 3.8) is 0 Å². The van der Waals surface area contributed by atoms with Crippen LogP contribution in [-0.2, 0) is 0 Å². The van der Waals surface area contributed by atoms with Gasteiger partial charge in [-0.1, -0.05) is 30.0 Å². The maximum absolute atomic E-state index is 11.0. The minimum absolute atomic E-state index is 0.276. The summed E-state index contributed by atoms with van der Waals surface area (Å²) in [6, 6.07) is 11.1. The molecule has 0 saturated carbocycles. The monoisotopic (exact) mass is 259 g/mol. The minimum atomic E-state index is -0.924. The Kier molecular flexibility index (Phi) is 3.67. The molecule has 4 heteroatoms. The Morgan fingerprint density at radius 3 is 2.61 bits per heavy atom. The average molecular weight is 259 g/mol. The SMILES string of the molecule is Cc1cc(C(=O)O)cc(Sc2ccccc2C)n1. The largest absolute Gasteiger partial charge is 0.478 e. The van der Waals surface area contributed by atoms with Gasteiger partial charge >= 0.3 is 5.97 Å². The number of carboxylic acid groups (broad SMARTS) is 1. The zero-order chi connectivity index (χ0) is 13.1. The molecule has 0 bridgehead atoms. The summed E-state index contributed by atoms with van der Waals surface area (Å²) in [6.45, 7) is 3.82. The summed E-state index contributed by atoms with van der Waals surface area (Å²) in [7, 11) is 0. The van der Waals surface area contributed by atoms with E-state index in [1.165, 1.54) is 11.8 Å². The van der Waals surface area contributed by atoms with Crippen molar-refractivity contribution >= 4 is 17.7 Å². The van der Waals surface area contributed by atoms with Crippen LogP contribution in [0, 0.1) is 13.8 Å². The van der Waals surface area contributed by atoms with Crippen LogP contribution in [0.3, 0.4) is 0 Å². The molecule has 0 unspecified atom stereocenters. The number of hydrogen-bond acceptors (Lipinski definition) is 3. The number of carbonyl (C=O) groups is 1. The molecule has 2 rings (SSSR count). The van der Waals surface area contributed by atoms with Crippen LogP contribution in [0.25, 0.3) is 0 Å². The normalized spacial score (nSPS) is 10.3. The van der Waals surface area contributed by atoms with Crippen LogP contribution in [0.15, 0.2) is 46.3 Å². The molecule has 1 N–H and O–H groups in total. The maximum atomic E-state index is 11.0. The Morgan fingerprint density at radius 1 is 1.22 bits per heavy atom. The van der Waals surface area contributed by atoms with E-state index in [1.807, 2.05) is 31.2 Å². The Bertz CT molecular complexity index is 596. The number of aryl methyl sites for hydroxylation is 2. The number of benzene rings is 1. The topological polar surface area (TPSA) is 50.2 Å². The predicted molar refractivity (Wildman–Crippen MR) is 71.2 cm³/mol. The average Bonchev–Trinajstić information content (AvgIpc) is 2.31. The number of hydrogen-bond donors (Lipinski definition) is 1. The van der Waals surface area contributed by atoms with E-state index in [1.54, 1.807) is 19.1 Å². The Morgan fingerprint density at radius 2 is 1.94 bits per heavy atom. The van der Waals surface area contributed by atoms with E-state index < -0.39 is 5.97 Å². The van der Waals surface area contributed by atoms with Gasteiger partial charge in [0.2, 0.25) is 0 Å². The van der Waals surface area contributed by atoms with Gasteiger partial charge in [0.1, 0.15) is 5.03 Å². The molecule has 0 saturated heterocycles. The molecule has 0 fully saturated rings. The molecule has 0 radical (unpaired) electrons. The van der Waals surface area contributed by atoms with E-state index in [4.69, 9.17) is 5.11 Å². The van der Waals surface area contributed by atoms with E-state index >= 15 is 0 Å². The van der Waals surface area contributed by atoms with Crippen LogP contribution in [0.5, 0.6) is 0 Å². The highest BCUT2D eigenvalue weighted by Gasteiger charge is 2.08. The van der Waals surface area contributed by atoms with Gasteiger partial charge in [-0.15, -0.1) is 0 Å². The Hall–Kier alpha value is -1.81. The Balaban J connectivity index is 2.35. The second-order valence-electron chi connectivity index (χ2n) is 4.01. The molecule has 1 aromatic heterocycles. The van der Waals surface area contributed by atoms with Gasteiger partial charge in [0.15, 0.2) is 0 Å². The molecule has 1 aromatic carbocycles. The van der Waals surface area contributed by atoms with Gasteiger partial charge in [-0.25, -0.2) is 9.78 Å². The summed E-state index contributed by atoms with van der Waals surface area (Å²) in [6.07, 6.45) is 0. The summed E-state index contributed by atoms with van der Waals surface area (Å²) < 4.78 is 0. The van der Waals surface area contributed by atoms with Gasteiger partial charge in [0, 0.05) is 10.6 Å². The molecule has 0 atom stereocenters. The summed E-state index contributed by atoms with van der Waals surface area (Å²) in [5.41, 5.74) is 2.15. The molecule has 0 spiro atoms. The third-order valence-electron chi connectivity index (χ3n) is 2.48. The van der Waals surface area contributed by atoms with Gasteiger partial charge in [0.05, 0.1) is 5.56 Å². The fraction of sp³-hybridized carbons (Fsp3) is 0.143. The molecular weight excluding hydrogens is 246 g/mol. The number of pyridine rings is 1. The highest BCUT2D eigenvalue weighted by atomic mass is 32.2. The van der Waals surface area contributed by atoms with Gasteiger partial charge in [-0.3, -0.25) is 0 Å². The van der Waals surface area contributed by atoms with E-state index in [9.17, 15) is 4.79 Å². The first-order chi connectivity index (χ1) is 8.56. The second kappa shape index (κ2) is 5.23. The van der Waals surface area contributed by atoms with Crippen molar-refractivity contribution in [1.82, 2.24) is 4.98 Å². The summed E-state index contributed by atoms with van der Waals surface area (Å²) in [5, 5.41) is 9.73. The predicted octanol–water partition coefficient (Wildman–Crippen LogP) is 3.55. The minimum Gasteiger partial charge on any atom is -0.478 e. The zero-order valence-electron chi connectivity index (χ0n) is 10.2. The van der Waals surface area contributed by atoms with Crippen LogP contribution < -0.4 is 0 Å². The second-order valence-corrected chi connectivity index (χ2v) is 5.07. The number of rotatable bonds is 3. The molecular formula is C14H13NO2S. The third kappa shape index (κ3) is 2.90. The molecule has 0 aliphatic heterocycles. The molecule has 0 amide bonds. The van der Waals surface area contributed by atoms with Gasteiger partial charge in [-0.05, 0) is 37.6 Å². The fourth-order valence-electron chi connectivity index (χ4n) is 1.60. The lowest BCUT2D eigenvalue weighted by Crippen LogP contribution is -1.99. The summed E-state index contributed by atoms with van der Waals surface area (Å²) in [5.74, 6) is -0.924. The summed E-state index contributed by atoms with van der Waals surface area (Å²) in [4.78, 5) is 16.4. The highest BCUT2D eigenvalue weighted by molar-refractivity contribution is 7.99. The molecule has 1 heterocycles. The number of nitrogens with zero attached hydrogens (tertiary/aromatic N) is 1. The van der Waals surface area contributed by atoms with Gasteiger partial charge in [-0.2, -0.15) is 0 Å². The van der Waals surface area contributed by atoms with E-state index in [0.29, 0.717) is 10.7 Å². The lowest BCUT2D eigenvalue weighted by atomic mass is 10.2. The van der Waals surface area contributed by atoms with Crippen molar-refractivity contribution < 1.29 is 9.90 Å².